The monoisotopic (exact) mass is 554 g/mol. The number of rotatable bonds is 7. The first-order valence-electron chi connectivity index (χ1n) is 14.0. The van der Waals surface area contributed by atoms with Gasteiger partial charge in [-0.25, -0.2) is 4.98 Å². The van der Waals surface area contributed by atoms with Crippen molar-refractivity contribution in [2.45, 2.75) is 32.0 Å². The van der Waals surface area contributed by atoms with Crippen LogP contribution in [0, 0.1) is 5.92 Å². The molecule has 0 radical (unpaired) electrons. The molecule has 1 amide bonds. The summed E-state index contributed by atoms with van der Waals surface area (Å²) >= 11 is 0. The minimum atomic E-state index is -0.628. The fourth-order valence-electron chi connectivity index (χ4n) is 5.39. The van der Waals surface area contributed by atoms with Crippen LogP contribution in [0.15, 0.2) is 79.0 Å². The standard InChI is InChI=1S/C32H34N4O5/c1-21-29(19-36-13-15-39-16-14-36)40-32(41-30(21)23-11-9-22(20-37)10-12-23)24-5-4-6-25(17-24)34-31(38)28-18-33-26-7-2-3-8-27(26)35-28/h2-12,17-18,21,29-30,32,37H,13-16,19-20H2,1H3,(H,34,38). The number of carbonyl (C=O) groups excluding carboxylic acids is 1. The van der Waals surface area contributed by atoms with Crippen molar-refractivity contribution in [3.05, 3.63) is 101 Å². The molecule has 4 unspecified atom stereocenters. The number of ether oxygens (including phenoxy) is 3. The number of morpholine rings is 1. The largest absolute Gasteiger partial charge is 0.392 e. The van der Waals surface area contributed by atoms with Crippen LogP contribution in [0.3, 0.4) is 0 Å². The summed E-state index contributed by atoms with van der Waals surface area (Å²) in [5.74, 6) is -0.255. The van der Waals surface area contributed by atoms with Gasteiger partial charge in [0.25, 0.3) is 5.91 Å². The molecule has 2 N–H and O–H groups in total. The van der Waals surface area contributed by atoms with E-state index in [1.807, 2.05) is 72.8 Å². The first-order chi connectivity index (χ1) is 20.1. The zero-order valence-corrected chi connectivity index (χ0v) is 23.0. The second kappa shape index (κ2) is 12.4. The van der Waals surface area contributed by atoms with E-state index in [2.05, 4.69) is 27.1 Å². The molecule has 1 aromatic heterocycles. The number of para-hydroxylation sites is 2. The van der Waals surface area contributed by atoms with Gasteiger partial charge in [0.05, 0.1) is 49.3 Å². The van der Waals surface area contributed by atoms with Crippen molar-refractivity contribution in [1.29, 1.82) is 0 Å². The number of amides is 1. The molecule has 2 fully saturated rings. The van der Waals surface area contributed by atoms with Crippen molar-refractivity contribution < 1.29 is 24.1 Å². The highest BCUT2D eigenvalue weighted by molar-refractivity contribution is 6.03. The maximum atomic E-state index is 13.0. The summed E-state index contributed by atoms with van der Waals surface area (Å²) in [6.45, 7) is 6.10. The molecule has 0 bridgehead atoms. The number of nitrogens with zero attached hydrogens (tertiary/aromatic N) is 3. The van der Waals surface area contributed by atoms with E-state index in [-0.39, 0.29) is 36.3 Å². The Bertz CT molecular complexity index is 1490. The lowest BCUT2D eigenvalue weighted by atomic mass is 9.90. The molecule has 3 heterocycles. The van der Waals surface area contributed by atoms with Crippen LogP contribution in [0.25, 0.3) is 11.0 Å². The highest BCUT2D eigenvalue weighted by Crippen LogP contribution is 2.42. The molecule has 2 aliphatic heterocycles. The summed E-state index contributed by atoms with van der Waals surface area (Å²) in [6, 6.07) is 22.9. The molecule has 0 spiro atoms. The van der Waals surface area contributed by atoms with Crippen LogP contribution in [0.1, 0.15) is 46.5 Å². The zero-order chi connectivity index (χ0) is 28.2. The van der Waals surface area contributed by atoms with E-state index >= 15 is 0 Å². The van der Waals surface area contributed by atoms with Gasteiger partial charge in [-0.1, -0.05) is 55.5 Å². The van der Waals surface area contributed by atoms with Gasteiger partial charge >= 0.3 is 0 Å². The van der Waals surface area contributed by atoms with Crippen molar-refractivity contribution in [2.24, 2.45) is 5.92 Å². The van der Waals surface area contributed by atoms with E-state index in [1.165, 1.54) is 6.20 Å². The highest BCUT2D eigenvalue weighted by Gasteiger charge is 2.39. The Labute approximate surface area is 239 Å². The summed E-state index contributed by atoms with van der Waals surface area (Å²) in [5, 5.41) is 12.5. The van der Waals surface area contributed by atoms with Crippen molar-refractivity contribution in [3.63, 3.8) is 0 Å². The lowest BCUT2D eigenvalue weighted by Crippen LogP contribution is -2.47. The number of fused-ring (bicyclic) bond motifs is 1. The quantitative estimate of drug-likeness (QED) is 0.344. The maximum absolute atomic E-state index is 13.0. The summed E-state index contributed by atoms with van der Waals surface area (Å²) in [5.41, 5.74) is 4.95. The van der Waals surface area contributed by atoms with E-state index in [9.17, 15) is 9.90 Å². The highest BCUT2D eigenvalue weighted by atomic mass is 16.7. The number of anilines is 1. The summed E-state index contributed by atoms with van der Waals surface area (Å²) in [4.78, 5) is 24.2. The van der Waals surface area contributed by atoms with Crippen LogP contribution in [0.2, 0.25) is 0 Å². The third-order valence-corrected chi connectivity index (χ3v) is 7.76. The molecule has 41 heavy (non-hydrogen) atoms. The number of benzene rings is 3. The molecule has 2 saturated heterocycles. The van der Waals surface area contributed by atoms with Gasteiger partial charge in [0.1, 0.15) is 5.69 Å². The Morgan fingerprint density at radius 1 is 0.976 bits per heavy atom. The Hall–Kier alpha value is -3.73. The first-order valence-corrected chi connectivity index (χ1v) is 14.0. The Balaban J connectivity index is 1.23. The molecule has 3 aromatic carbocycles. The molecule has 0 aliphatic carbocycles. The van der Waals surface area contributed by atoms with Crippen molar-refractivity contribution in [2.75, 3.05) is 38.2 Å². The molecule has 0 saturated carbocycles. The maximum Gasteiger partial charge on any atom is 0.275 e. The van der Waals surface area contributed by atoms with Crippen LogP contribution < -0.4 is 5.32 Å². The number of carbonyl (C=O) groups is 1. The SMILES string of the molecule is CC1C(CN2CCOCC2)OC(c2cccc(NC(=O)c3cnc4ccccc4n3)c2)OC1c1ccc(CO)cc1. The number of aromatic nitrogens is 2. The fraction of sp³-hybridized carbons (Fsp3) is 0.344. The topological polar surface area (TPSA) is 106 Å². The molecule has 9 nitrogen and oxygen atoms in total. The van der Waals surface area contributed by atoms with Crippen LogP contribution in [0.5, 0.6) is 0 Å². The number of aliphatic hydroxyl groups is 1. The van der Waals surface area contributed by atoms with Gasteiger partial charge in [-0.15, -0.1) is 0 Å². The fourth-order valence-corrected chi connectivity index (χ4v) is 5.39. The molecule has 212 valence electrons. The van der Waals surface area contributed by atoms with Gasteiger partial charge < -0.3 is 24.6 Å². The summed E-state index contributed by atoms with van der Waals surface area (Å²) < 4.78 is 18.7. The van der Waals surface area contributed by atoms with Gasteiger partial charge in [0.2, 0.25) is 0 Å². The second-order valence-electron chi connectivity index (χ2n) is 10.6. The Morgan fingerprint density at radius 3 is 2.54 bits per heavy atom. The van der Waals surface area contributed by atoms with E-state index in [0.717, 1.165) is 55.1 Å². The average molecular weight is 555 g/mol. The third kappa shape index (κ3) is 6.29. The average Bonchev–Trinajstić information content (AvgIpc) is 3.02. The summed E-state index contributed by atoms with van der Waals surface area (Å²) in [7, 11) is 0. The van der Waals surface area contributed by atoms with E-state index in [1.54, 1.807) is 0 Å². The van der Waals surface area contributed by atoms with Crippen LogP contribution in [-0.2, 0) is 20.8 Å². The van der Waals surface area contributed by atoms with Crippen LogP contribution >= 0.6 is 0 Å². The van der Waals surface area contributed by atoms with E-state index < -0.39 is 6.29 Å². The van der Waals surface area contributed by atoms with Crippen molar-refractivity contribution >= 4 is 22.6 Å². The third-order valence-electron chi connectivity index (χ3n) is 7.76. The molecule has 9 heteroatoms. The molecule has 6 rings (SSSR count). The van der Waals surface area contributed by atoms with E-state index in [0.29, 0.717) is 11.2 Å². The van der Waals surface area contributed by atoms with Crippen LogP contribution in [-0.4, -0.2) is 64.8 Å². The van der Waals surface area contributed by atoms with Gasteiger partial charge in [-0.2, -0.15) is 0 Å². The molecular weight excluding hydrogens is 520 g/mol. The number of hydrogen-bond acceptors (Lipinski definition) is 8. The minimum absolute atomic E-state index is 0.00392. The van der Waals surface area contributed by atoms with Crippen LogP contribution in [0.4, 0.5) is 5.69 Å². The minimum Gasteiger partial charge on any atom is -0.392 e. The van der Waals surface area contributed by atoms with Gasteiger partial charge in [-0.3, -0.25) is 14.7 Å². The zero-order valence-electron chi connectivity index (χ0n) is 23.0. The second-order valence-corrected chi connectivity index (χ2v) is 10.6. The molecular formula is C32H34N4O5. The molecule has 4 aromatic rings. The number of hydrogen-bond donors (Lipinski definition) is 2. The van der Waals surface area contributed by atoms with Crippen molar-refractivity contribution in [1.82, 2.24) is 14.9 Å². The smallest absolute Gasteiger partial charge is 0.275 e. The number of aliphatic hydroxyl groups excluding tert-OH is 1. The van der Waals surface area contributed by atoms with Gasteiger partial charge in [0, 0.05) is 36.8 Å². The molecule has 2 aliphatic rings. The molecule has 4 atom stereocenters. The lowest BCUT2D eigenvalue weighted by molar-refractivity contribution is -0.277. The summed E-state index contributed by atoms with van der Waals surface area (Å²) in [6.07, 6.45) is 0.565. The predicted octanol–water partition coefficient (Wildman–Crippen LogP) is 4.50. The Kier molecular flexibility index (Phi) is 8.31. The van der Waals surface area contributed by atoms with Gasteiger partial charge in [0.15, 0.2) is 6.29 Å². The van der Waals surface area contributed by atoms with Crippen molar-refractivity contribution in [3.8, 4) is 0 Å². The number of nitrogens with one attached hydrogen (secondary N) is 1. The Morgan fingerprint density at radius 2 is 1.76 bits per heavy atom. The van der Waals surface area contributed by atoms with Gasteiger partial charge in [-0.05, 0) is 35.4 Å². The normalized spacial score (nSPS) is 23.4. The predicted molar refractivity (Wildman–Crippen MR) is 154 cm³/mol. The lowest BCUT2D eigenvalue weighted by Gasteiger charge is -2.43. The van der Waals surface area contributed by atoms with E-state index in [4.69, 9.17) is 14.2 Å². The first kappa shape index (κ1) is 27.4.